The summed E-state index contributed by atoms with van der Waals surface area (Å²) in [4.78, 5) is 0. The van der Waals surface area contributed by atoms with Crippen LogP contribution in [0.3, 0.4) is 0 Å². The second-order valence-corrected chi connectivity index (χ2v) is 15.4. The molecule has 0 aliphatic heterocycles. The zero-order valence-electron chi connectivity index (χ0n) is 33.3. The minimum atomic E-state index is 0. The van der Waals surface area contributed by atoms with Crippen LogP contribution in [0.25, 0.3) is 66.1 Å². The SMILES string of the molecule is CCc1cc2c(-c3ccc(C)cc3)ccc(-c3ccc(C)cc3)c2[cH-]1.CCc1cc2c(-c3ccc(C)cc3)ccc(-c3ccc(C)cc3)c2[cH-]1.C[Si]C.[Zr+2]. The molecule has 0 N–H and O–H groups in total. The monoisotopic (exact) mass is 794 g/mol. The summed E-state index contributed by atoms with van der Waals surface area (Å²) in [6.45, 7) is 17.3. The Labute approximate surface area is 346 Å². The number of fused-ring (bicyclic) bond motifs is 2. The first-order chi connectivity index (χ1) is 25.7. The zero-order chi connectivity index (χ0) is 37.5. The van der Waals surface area contributed by atoms with Gasteiger partial charge in [0, 0.05) is 9.52 Å². The van der Waals surface area contributed by atoms with Crippen molar-refractivity contribution < 1.29 is 26.2 Å². The Kier molecular flexibility index (Phi) is 14.2. The van der Waals surface area contributed by atoms with Crippen molar-refractivity contribution in [3.63, 3.8) is 0 Å². The van der Waals surface area contributed by atoms with Crippen LogP contribution in [0.5, 0.6) is 0 Å². The van der Waals surface area contributed by atoms with Crippen molar-refractivity contribution in [1.82, 2.24) is 0 Å². The Morgan fingerprint density at radius 2 is 0.630 bits per heavy atom. The van der Waals surface area contributed by atoms with E-state index in [0.717, 1.165) is 22.4 Å². The molecular weight excluding hydrogens is 744 g/mol. The number of rotatable bonds is 6. The molecule has 0 aliphatic rings. The second kappa shape index (κ2) is 18.8. The Morgan fingerprint density at radius 3 is 0.889 bits per heavy atom. The number of hydrogen-bond acceptors (Lipinski definition) is 0. The van der Waals surface area contributed by atoms with E-state index in [0.29, 0.717) is 0 Å². The third kappa shape index (κ3) is 9.29. The van der Waals surface area contributed by atoms with Crippen molar-refractivity contribution in [3.8, 4) is 44.5 Å². The van der Waals surface area contributed by atoms with E-state index in [9.17, 15) is 0 Å². The van der Waals surface area contributed by atoms with Crippen molar-refractivity contribution in [1.29, 1.82) is 0 Å². The summed E-state index contributed by atoms with van der Waals surface area (Å²) in [6, 6.07) is 54.0. The van der Waals surface area contributed by atoms with Crippen LogP contribution in [0, 0.1) is 27.7 Å². The van der Waals surface area contributed by atoms with Crippen molar-refractivity contribution in [2.45, 2.75) is 67.5 Å². The van der Waals surface area contributed by atoms with Crippen LogP contribution in [0.4, 0.5) is 0 Å². The first kappa shape index (κ1) is 40.8. The van der Waals surface area contributed by atoms with Gasteiger partial charge in [-0.1, -0.05) is 204 Å². The molecular formula is C52H52SiZr. The van der Waals surface area contributed by atoms with E-state index in [4.69, 9.17) is 0 Å². The average Bonchev–Trinajstić information content (AvgIpc) is 3.82. The van der Waals surface area contributed by atoms with Gasteiger partial charge in [0.1, 0.15) is 0 Å². The maximum absolute atomic E-state index is 2.36. The standard InChI is InChI=1S/2C25H23.C2H6Si.Zr/c2*1-4-19-15-24-22(20-9-5-17(2)6-10-20)13-14-23(25(24)16-19)21-11-7-18(3)8-12-21;1-3-2;/h2*5-16H,4H2,1-3H3;1-2H3;/q2*-1;;+2. The smallest absolute Gasteiger partial charge is 0.164 e. The Morgan fingerprint density at radius 1 is 0.389 bits per heavy atom. The van der Waals surface area contributed by atoms with Gasteiger partial charge in [0.2, 0.25) is 0 Å². The summed E-state index contributed by atoms with van der Waals surface area (Å²) >= 11 is 0. The molecule has 8 aromatic rings. The maximum Gasteiger partial charge on any atom is 2.00 e. The first-order valence-corrected chi connectivity index (χ1v) is 21.0. The molecule has 0 aliphatic carbocycles. The van der Waals surface area contributed by atoms with E-state index < -0.39 is 0 Å². The van der Waals surface area contributed by atoms with Gasteiger partial charge in [-0.25, -0.2) is 0 Å². The molecule has 0 amide bonds. The Bertz CT molecular complexity index is 2060. The minimum absolute atomic E-state index is 0. The van der Waals surface area contributed by atoms with Gasteiger partial charge in [-0.15, -0.1) is 44.8 Å². The first-order valence-electron chi connectivity index (χ1n) is 19.0. The Balaban J connectivity index is 0.000000190. The summed E-state index contributed by atoms with van der Waals surface area (Å²) < 4.78 is 0. The van der Waals surface area contributed by atoms with Crippen molar-refractivity contribution in [3.05, 3.63) is 179 Å². The number of aryl methyl sites for hydroxylation is 6. The fourth-order valence-corrected chi connectivity index (χ4v) is 7.07. The number of hydrogen-bond donors (Lipinski definition) is 0. The van der Waals surface area contributed by atoms with Crippen LogP contribution < -0.4 is 0 Å². The summed E-state index contributed by atoms with van der Waals surface area (Å²) in [7, 11) is 1.08. The molecule has 8 rings (SSSR count). The molecule has 0 saturated carbocycles. The van der Waals surface area contributed by atoms with E-state index in [-0.39, 0.29) is 26.2 Å². The normalized spacial score (nSPS) is 10.7. The zero-order valence-corrected chi connectivity index (χ0v) is 36.7. The van der Waals surface area contributed by atoms with E-state index in [1.807, 2.05) is 0 Å². The van der Waals surface area contributed by atoms with Gasteiger partial charge >= 0.3 is 26.2 Å². The van der Waals surface area contributed by atoms with Crippen molar-refractivity contribution >= 4 is 31.1 Å². The largest absolute Gasteiger partial charge is 2.00 e. The molecule has 0 aromatic heterocycles. The number of benzene rings is 6. The van der Waals surface area contributed by atoms with Crippen molar-refractivity contribution in [2.75, 3.05) is 0 Å². The van der Waals surface area contributed by atoms with Gasteiger partial charge in [0.05, 0.1) is 0 Å². The van der Waals surface area contributed by atoms with Crippen LogP contribution in [0.2, 0.25) is 13.1 Å². The van der Waals surface area contributed by atoms with E-state index in [2.05, 4.69) is 200 Å². The molecule has 0 bridgehead atoms. The van der Waals surface area contributed by atoms with Crippen LogP contribution in [-0.4, -0.2) is 9.52 Å². The predicted octanol–water partition coefficient (Wildman–Crippen LogP) is 14.9. The van der Waals surface area contributed by atoms with Crippen molar-refractivity contribution in [2.24, 2.45) is 0 Å². The van der Waals surface area contributed by atoms with Gasteiger partial charge < -0.3 is 0 Å². The van der Waals surface area contributed by atoms with Crippen LogP contribution in [0.1, 0.15) is 47.2 Å². The molecule has 2 heteroatoms. The maximum atomic E-state index is 2.36. The molecule has 54 heavy (non-hydrogen) atoms. The molecule has 2 radical (unpaired) electrons. The predicted molar refractivity (Wildman–Crippen MR) is 236 cm³/mol. The molecule has 8 aromatic carbocycles. The molecule has 0 nitrogen and oxygen atoms in total. The Hall–Kier alpha value is -4.36. The molecule has 0 unspecified atom stereocenters. The third-order valence-electron chi connectivity index (χ3n) is 10.2. The second-order valence-electron chi connectivity index (χ2n) is 14.4. The molecule has 0 heterocycles. The fraction of sp³-hybridized carbons (Fsp3) is 0.192. The summed E-state index contributed by atoms with van der Waals surface area (Å²) in [6.07, 6.45) is 2.13. The van der Waals surface area contributed by atoms with Crippen LogP contribution >= 0.6 is 0 Å². The van der Waals surface area contributed by atoms with E-state index in [1.165, 1.54) is 99.4 Å². The molecule has 0 spiro atoms. The molecule has 0 fully saturated rings. The summed E-state index contributed by atoms with van der Waals surface area (Å²) in [5.41, 5.74) is 18.5. The molecule has 268 valence electrons. The van der Waals surface area contributed by atoms with E-state index >= 15 is 0 Å². The van der Waals surface area contributed by atoms with Gasteiger partial charge in [0.15, 0.2) is 0 Å². The fourth-order valence-electron chi connectivity index (χ4n) is 7.07. The van der Waals surface area contributed by atoms with Gasteiger partial charge in [-0.05, 0) is 51.7 Å². The van der Waals surface area contributed by atoms with E-state index in [1.54, 1.807) is 0 Å². The van der Waals surface area contributed by atoms with Gasteiger partial charge in [-0.2, -0.15) is 12.1 Å². The minimum Gasteiger partial charge on any atom is -0.164 e. The van der Waals surface area contributed by atoms with Gasteiger partial charge in [0.25, 0.3) is 0 Å². The molecule has 0 atom stereocenters. The summed E-state index contributed by atoms with van der Waals surface area (Å²) in [5.74, 6) is 0. The summed E-state index contributed by atoms with van der Waals surface area (Å²) in [5, 5.41) is 5.44. The third-order valence-corrected chi connectivity index (χ3v) is 10.2. The molecule has 0 saturated heterocycles. The quantitative estimate of drug-likeness (QED) is 0.116. The van der Waals surface area contributed by atoms with Gasteiger partial charge in [-0.3, -0.25) is 0 Å². The van der Waals surface area contributed by atoms with Crippen LogP contribution in [-0.2, 0) is 39.0 Å². The van der Waals surface area contributed by atoms with Crippen LogP contribution in [0.15, 0.2) is 146 Å². The topological polar surface area (TPSA) is 0 Å². The average molecular weight is 796 g/mol.